The number of hydrogen-bond donors (Lipinski definition) is 1. The lowest BCUT2D eigenvalue weighted by atomic mass is 10.2. The molecule has 0 radical (unpaired) electrons. The number of aromatic nitrogens is 2. The van der Waals surface area contributed by atoms with E-state index in [1.54, 1.807) is 12.5 Å². The molecule has 4 heteroatoms. The summed E-state index contributed by atoms with van der Waals surface area (Å²) < 4.78 is 2.01. The van der Waals surface area contributed by atoms with Crippen LogP contribution >= 0.6 is 0 Å². The molecule has 1 heterocycles. The minimum Gasteiger partial charge on any atom is -0.356 e. The summed E-state index contributed by atoms with van der Waals surface area (Å²) in [5.41, 5.74) is 0. The van der Waals surface area contributed by atoms with Gasteiger partial charge >= 0.3 is 0 Å². The van der Waals surface area contributed by atoms with E-state index >= 15 is 0 Å². The second-order valence-corrected chi connectivity index (χ2v) is 3.61. The molecule has 1 aromatic heterocycles. The summed E-state index contributed by atoms with van der Waals surface area (Å²) in [6.45, 7) is 3.75. The predicted molar refractivity (Wildman–Crippen MR) is 59.4 cm³/mol. The molecule has 0 saturated carbocycles. The molecule has 1 N–H and O–H groups in total. The summed E-state index contributed by atoms with van der Waals surface area (Å²) in [5.74, 6) is 0.169. The largest absolute Gasteiger partial charge is 0.356 e. The minimum absolute atomic E-state index is 0.169. The molecule has 0 unspecified atom stereocenters. The van der Waals surface area contributed by atoms with Crippen LogP contribution in [-0.4, -0.2) is 22.0 Å². The molecule has 0 aromatic carbocycles. The van der Waals surface area contributed by atoms with Crippen molar-refractivity contribution in [3.63, 3.8) is 0 Å². The lowest BCUT2D eigenvalue weighted by molar-refractivity contribution is -0.121. The fourth-order valence-electron chi connectivity index (χ4n) is 1.33. The Morgan fingerprint density at radius 1 is 1.47 bits per heavy atom. The molecule has 0 bridgehead atoms. The van der Waals surface area contributed by atoms with Gasteiger partial charge in [-0.25, -0.2) is 4.98 Å². The van der Waals surface area contributed by atoms with Gasteiger partial charge in [0.05, 0.1) is 6.33 Å². The molecular formula is C11H19N3O. The number of nitrogens with zero attached hydrogens (tertiary/aromatic N) is 2. The summed E-state index contributed by atoms with van der Waals surface area (Å²) >= 11 is 0. The van der Waals surface area contributed by atoms with E-state index in [1.807, 2.05) is 10.8 Å². The summed E-state index contributed by atoms with van der Waals surface area (Å²) in [7, 11) is 0. The molecule has 15 heavy (non-hydrogen) atoms. The predicted octanol–water partition coefficient (Wildman–Crippen LogP) is 1.58. The number of nitrogens with one attached hydrogen (secondary N) is 1. The van der Waals surface area contributed by atoms with E-state index in [9.17, 15) is 4.79 Å². The quantitative estimate of drug-likeness (QED) is 0.693. The van der Waals surface area contributed by atoms with Crippen molar-refractivity contribution < 1.29 is 4.79 Å². The standard InChI is InChI=1S/C11H19N3O/c1-2-3-5-11(15)13-6-4-8-14-9-7-12-10-14/h7,9-10H,2-6,8H2,1H3,(H,13,15). The highest BCUT2D eigenvalue weighted by molar-refractivity contribution is 5.75. The van der Waals surface area contributed by atoms with E-state index in [-0.39, 0.29) is 5.91 Å². The molecule has 0 atom stereocenters. The van der Waals surface area contributed by atoms with Gasteiger partial charge in [0.1, 0.15) is 0 Å². The maximum absolute atomic E-state index is 11.2. The van der Waals surface area contributed by atoms with Crippen molar-refractivity contribution in [2.24, 2.45) is 0 Å². The molecule has 0 aliphatic heterocycles. The number of unbranched alkanes of at least 4 members (excludes halogenated alkanes) is 1. The zero-order valence-electron chi connectivity index (χ0n) is 9.28. The van der Waals surface area contributed by atoms with Crippen molar-refractivity contribution in [3.05, 3.63) is 18.7 Å². The monoisotopic (exact) mass is 209 g/mol. The SMILES string of the molecule is CCCCC(=O)NCCCn1ccnc1. The van der Waals surface area contributed by atoms with Crippen molar-refractivity contribution in [1.29, 1.82) is 0 Å². The van der Waals surface area contributed by atoms with E-state index < -0.39 is 0 Å². The van der Waals surface area contributed by atoms with Crippen molar-refractivity contribution in [2.45, 2.75) is 39.2 Å². The average molecular weight is 209 g/mol. The Kier molecular flexibility index (Phi) is 5.51. The molecule has 0 aliphatic carbocycles. The Hall–Kier alpha value is -1.32. The fraction of sp³-hybridized carbons (Fsp3) is 0.636. The number of hydrogen-bond acceptors (Lipinski definition) is 2. The van der Waals surface area contributed by atoms with E-state index in [4.69, 9.17) is 0 Å². The Morgan fingerprint density at radius 2 is 2.33 bits per heavy atom. The minimum atomic E-state index is 0.169. The van der Waals surface area contributed by atoms with Crippen LogP contribution in [0.3, 0.4) is 0 Å². The average Bonchev–Trinajstić information content (AvgIpc) is 2.74. The zero-order valence-corrected chi connectivity index (χ0v) is 9.28. The highest BCUT2D eigenvalue weighted by Gasteiger charge is 1.98. The van der Waals surface area contributed by atoms with Crippen LogP contribution in [0.1, 0.15) is 32.6 Å². The summed E-state index contributed by atoms with van der Waals surface area (Å²) in [6.07, 6.45) is 9.14. The number of imidazole rings is 1. The van der Waals surface area contributed by atoms with E-state index in [1.165, 1.54) is 0 Å². The molecule has 4 nitrogen and oxygen atoms in total. The third kappa shape index (κ3) is 5.20. The second kappa shape index (κ2) is 7.04. The molecule has 84 valence electrons. The molecule has 0 spiro atoms. The van der Waals surface area contributed by atoms with Crippen LogP contribution in [-0.2, 0) is 11.3 Å². The van der Waals surface area contributed by atoms with Crippen LogP contribution in [0.15, 0.2) is 18.7 Å². The first-order valence-corrected chi connectivity index (χ1v) is 5.55. The lowest BCUT2D eigenvalue weighted by Crippen LogP contribution is -2.24. The normalized spacial score (nSPS) is 10.2. The van der Waals surface area contributed by atoms with Gasteiger partial charge in [0.2, 0.25) is 5.91 Å². The van der Waals surface area contributed by atoms with Crippen LogP contribution < -0.4 is 5.32 Å². The van der Waals surface area contributed by atoms with Gasteiger partial charge in [-0.3, -0.25) is 4.79 Å². The van der Waals surface area contributed by atoms with Gasteiger partial charge in [-0.1, -0.05) is 13.3 Å². The smallest absolute Gasteiger partial charge is 0.219 e. The summed E-state index contributed by atoms with van der Waals surface area (Å²) in [4.78, 5) is 15.2. The maximum Gasteiger partial charge on any atom is 0.219 e. The Morgan fingerprint density at radius 3 is 3.00 bits per heavy atom. The molecular weight excluding hydrogens is 190 g/mol. The molecule has 1 amide bonds. The van der Waals surface area contributed by atoms with Gasteiger partial charge in [-0.15, -0.1) is 0 Å². The maximum atomic E-state index is 11.2. The highest BCUT2D eigenvalue weighted by atomic mass is 16.1. The third-order valence-electron chi connectivity index (χ3n) is 2.23. The van der Waals surface area contributed by atoms with Crippen LogP contribution in [0, 0.1) is 0 Å². The van der Waals surface area contributed by atoms with Crippen LogP contribution in [0.5, 0.6) is 0 Å². The van der Waals surface area contributed by atoms with Crippen LogP contribution in [0.2, 0.25) is 0 Å². The molecule has 0 saturated heterocycles. The summed E-state index contributed by atoms with van der Waals surface area (Å²) in [6, 6.07) is 0. The number of aryl methyl sites for hydroxylation is 1. The first-order chi connectivity index (χ1) is 7.33. The first kappa shape index (κ1) is 11.8. The van der Waals surface area contributed by atoms with Gasteiger partial charge in [-0.2, -0.15) is 0 Å². The Labute approximate surface area is 90.7 Å². The Bertz CT molecular complexity index is 269. The first-order valence-electron chi connectivity index (χ1n) is 5.55. The van der Waals surface area contributed by atoms with E-state index in [0.717, 1.165) is 32.4 Å². The van der Waals surface area contributed by atoms with Gasteiger partial charge in [0.25, 0.3) is 0 Å². The van der Waals surface area contributed by atoms with Crippen molar-refractivity contribution in [3.8, 4) is 0 Å². The van der Waals surface area contributed by atoms with Crippen molar-refractivity contribution >= 4 is 5.91 Å². The summed E-state index contributed by atoms with van der Waals surface area (Å²) in [5, 5.41) is 2.91. The highest BCUT2D eigenvalue weighted by Crippen LogP contribution is 1.94. The second-order valence-electron chi connectivity index (χ2n) is 3.61. The number of carbonyl (C=O) groups is 1. The lowest BCUT2D eigenvalue weighted by Gasteiger charge is -2.04. The van der Waals surface area contributed by atoms with Gasteiger partial charge < -0.3 is 9.88 Å². The number of rotatable bonds is 7. The molecule has 0 fully saturated rings. The van der Waals surface area contributed by atoms with Gasteiger partial charge in [0, 0.05) is 31.9 Å². The van der Waals surface area contributed by atoms with Gasteiger partial charge in [0.15, 0.2) is 0 Å². The zero-order chi connectivity index (χ0) is 10.9. The van der Waals surface area contributed by atoms with Gasteiger partial charge in [-0.05, 0) is 12.8 Å². The van der Waals surface area contributed by atoms with Crippen LogP contribution in [0.25, 0.3) is 0 Å². The topological polar surface area (TPSA) is 46.9 Å². The fourth-order valence-corrected chi connectivity index (χ4v) is 1.33. The molecule has 1 rings (SSSR count). The van der Waals surface area contributed by atoms with Crippen LogP contribution in [0.4, 0.5) is 0 Å². The molecule has 1 aromatic rings. The molecule has 0 aliphatic rings. The Balaban J connectivity index is 1.99. The number of amides is 1. The number of carbonyl (C=O) groups excluding carboxylic acids is 1. The van der Waals surface area contributed by atoms with Crippen molar-refractivity contribution in [1.82, 2.24) is 14.9 Å². The van der Waals surface area contributed by atoms with Crippen molar-refractivity contribution in [2.75, 3.05) is 6.54 Å². The van der Waals surface area contributed by atoms with E-state index in [2.05, 4.69) is 17.2 Å². The van der Waals surface area contributed by atoms with E-state index in [0.29, 0.717) is 6.42 Å². The third-order valence-corrected chi connectivity index (χ3v) is 2.23.